The third-order valence-electron chi connectivity index (χ3n) is 4.73. The average Bonchev–Trinajstić information content (AvgIpc) is 2.73. The van der Waals surface area contributed by atoms with E-state index in [-0.39, 0.29) is 18.0 Å². The molecule has 3 rings (SSSR count). The molecule has 3 aromatic rings. The molecule has 168 valence electrons. The predicted molar refractivity (Wildman–Crippen MR) is 127 cm³/mol. The number of hydrogen-bond acceptors (Lipinski definition) is 5. The summed E-state index contributed by atoms with van der Waals surface area (Å²) in [5, 5.41) is 0. The fourth-order valence-electron chi connectivity index (χ4n) is 3.13. The Hall–Kier alpha value is -3.04. The van der Waals surface area contributed by atoms with Crippen molar-refractivity contribution in [2.75, 3.05) is 6.16 Å². The van der Waals surface area contributed by atoms with Crippen LogP contribution in [-0.2, 0) is 14.8 Å². The van der Waals surface area contributed by atoms with Gasteiger partial charge in [-0.3, -0.25) is 4.79 Å². The molecule has 0 heterocycles. The van der Waals surface area contributed by atoms with Gasteiger partial charge >= 0.3 is 13.6 Å². The molecule has 0 amide bonds. The van der Waals surface area contributed by atoms with Crippen molar-refractivity contribution in [3.63, 3.8) is 0 Å². The predicted octanol–water partition coefficient (Wildman–Crippen LogP) is 6.94. The van der Waals surface area contributed by atoms with Crippen molar-refractivity contribution < 1.29 is 23.1 Å². The first-order chi connectivity index (χ1) is 15.1. The lowest BCUT2D eigenvalue weighted by Crippen LogP contribution is -2.18. The number of esters is 1. The number of carbonyl (C=O) groups excluding carboxylic acids is 1. The van der Waals surface area contributed by atoms with E-state index in [9.17, 15) is 9.36 Å². The summed E-state index contributed by atoms with van der Waals surface area (Å²) < 4.78 is 30.7. The second-order valence-corrected chi connectivity index (χ2v) is 10.7. The molecule has 0 aliphatic heterocycles. The average molecular weight is 452 g/mol. The van der Waals surface area contributed by atoms with Crippen LogP contribution in [-0.4, -0.2) is 12.1 Å². The van der Waals surface area contributed by atoms with Crippen LogP contribution in [0.15, 0.2) is 78.9 Å². The first kappa shape index (κ1) is 23.6. The van der Waals surface area contributed by atoms with Gasteiger partial charge in [0.25, 0.3) is 0 Å². The lowest BCUT2D eigenvalue weighted by atomic mass is 9.86. The third-order valence-corrected chi connectivity index (χ3v) is 6.48. The maximum atomic E-state index is 13.5. The largest absolute Gasteiger partial charge is 0.431 e. The number of rotatable bonds is 8. The summed E-state index contributed by atoms with van der Waals surface area (Å²) in [6.45, 7) is 8.12. The Bertz CT molecular complexity index is 1040. The minimum atomic E-state index is -3.68. The molecular weight excluding hydrogens is 423 g/mol. The lowest BCUT2D eigenvalue weighted by Gasteiger charge is -2.23. The molecule has 5 nitrogen and oxygen atoms in total. The molecule has 0 aliphatic rings. The lowest BCUT2D eigenvalue weighted by molar-refractivity contribution is -0.134. The molecule has 0 fully saturated rings. The van der Waals surface area contributed by atoms with Crippen LogP contribution in [0.3, 0.4) is 0 Å². The van der Waals surface area contributed by atoms with Crippen LogP contribution in [0.4, 0.5) is 0 Å². The Morgan fingerprint density at radius 2 is 1.38 bits per heavy atom. The molecule has 0 radical (unpaired) electrons. The van der Waals surface area contributed by atoms with Crippen molar-refractivity contribution in [3.05, 3.63) is 90.0 Å². The molecule has 6 heteroatoms. The Morgan fingerprint density at radius 1 is 0.844 bits per heavy atom. The first-order valence-electron chi connectivity index (χ1n) is 10.5. The summed E-state index contributed by atoms with van der Waals surface area (Å²) in [6.07, 6.45) is -0.235. The van der Waals surface area contributed by atoms with Crippen molar-refractivity contribution >= 4 is 13.6 Å². The van der Waals surface area contributed by atoms with Gasteiger partial charge in [0.2, 0.25) is 0 Å². The number of hydrogen-bond donors (Lipinski definition) is 0. The van der Waals surface area contributed by atoms with Crippen LogP contribution < -0.4 is 13.8 Å². The highest BCUT2D eigenvalue weighted by Gasteiger charge is 2.30. The Kier molecular flexibility index (Phi) is 7.42. The summed E-state index contributed by atoms with van der Waals surface area (Å²) >= 11 is 0. The van der Waals surface area contributed by atoms with Gasteiger partial charge in [-0.25, -0.2) is 4.57 Å². The van der Waals surface area contributed by atoms with Crippen molar-refractivity contribution in [2.24, 2.45) is 0 Å². The molecule has 0 unspecified atom stereocenters. The van der Waals surface area contributed by atoms with E-state index in [4.69, 9.17) is 13.8 Å². The summed E-state index contributed by atoms with van der Waals surface area (Å²) in [6, 6.07) is 23.4. The summed E-state index contributed by atoms with van der Waals surface area (Å²) in [5.74, 6) is 0.850. The van der Waals surface area contributed by atoms with E-state index in [0.717, 1.165) is 11.1 Å². The molecular formula is C26H29O5P. The summed E-state index contributed by atoms with van der Waals surface area (Å²) in [5.41, 5.74) is 1.73. The van der Waals surface area contributed by atoms with E-state index < -0.39 is 13.6 Å². The molecule has 0 saturated heterocycles. The summed E-state index contributed by atoms with van der Waals surface area (Å²) in [4.78, 5) is 12.7. The normalized spacial score (nSPS) is 11.6. The monoisotopic (exact) mass is 452 g/mol. The molecule has 0 spiro atoms. The highest BCUT2D eigenvalue weighted by atomic mass is 31.2. The van der Waals surface area contributed by atoms with Gasteiger partial charge in [0.05, 0.1) is 12.6 Å². The molecule has 0 saturated carbocycles. The zero-order chi connectivity index (χ0) is 23.2. The Balaban J connectivity index is 1.75. The minimum absolute atomic E-state index is 0.117. The molecule has 32 heavy (non-hydrogen) atoms. The maximum absolute atomic E-state index is 13.5. The third kappa shape index (κ3) is 6.73. The van der Waals surface area contributed by atoms with Crippen LogP contribution in [0, 0.1) is 6.92 Å². The first-order valence-corrected chi connectivity index (χ1v) is 12.3. The van der Waals surface area contributed by atoms with E-state index in [2.05, 4.69) is 20.8 Å². The van der Waals surface area contributed by atoms with Crippen molar-refractivity contribution in [3.8, 4) is 17.2 Å². The molecule has 0 aromatic heterocycles. The zero-order valence-corrected chi connectivity index (χ0v) is 19.8. The fourth-order valence-corrected chi connectivity index (χ4v) is 4.69. The quantitative estimate of drug-likeness (QED) is 0.210. The van der Waals surface area contributed by atoms with E-state index in [1.165, 1.54) is 0 Å². The van der Waals surface area contributed by atoms with E-state index >= 15 is 0 Å². The van der Waals surface area contributed by atoms with Gasteiger partial charge in [-0.15, -0.1) is 0 Å². The van der Waals surface area contributed by atoms with Crippen LogP contribution in [0.2, 0.25) is 0 Å². The molecule has 0 bridgehead atoms. The molecule has 0 N–H and O–H groups in total. The van der Waals surface area contributed by atoms with Crippen LogP contribution >= 0.6 is 7.60 Å². The smallest absolute Gasteiger partial charge is 0.426 e. The highest BCUT2D eigenvalue weighted by molar-refractivity contribution is 7.54. The number of aryl methyl sites for hydroxylation is 1. The molecule has 0 aliphatic carbocycles. The van der Waals surface area contributed by atoms with Crippen molar-refractivity contribution in [2.45, 2.75) is 39.5 Å². The standard InChI is InChI=1S/C26H29O5P/c1-20-15-16-23(26(2,3)4)24(19-20)29-25(27)17-18-32(28,30-21-11-7-5-8-12-21)31-22-13-9-6-10-14-22/h5-16,19H,17-18H2,1-4H3. The van der Waals surface area contributed by atoms with E-state index in [1.54, 1.807) is 48.5 Å². The Labute approximate surface area is 189 Å². The Morgan fingerprint density at radius 3 is 1.88 bits per heavy atom. The van der Waals surface area contributed by atoms with Gasteiger partial charge in [0.1, 0.15) is 17.2 Å². The second kappa shape index (κ2) is 10.1. The maximum Gasteiger partial charge on any atom is 0.431 e. The summed E-state index contributed by atoms with van der Waals surface area (Å²) in [7, 11) is -3.68. The number of benzene rings is 3. The van der Waals surface area contributed by atoms with Crippen LogP contribution in [0.1, 0.15) is 38.3 Å². The fraction of sp³-hybridized carbons (Fsp3) is 0.269. The SMILES string of the molecule is Cc1ccc(C(C)(C)C)c(OC(=O)CCP(=O)(Oc2ccccc2)Oc2ccccc2)c1. The van der Waals surface area contributed by atoms with Gasteiger partial charge in [-0.05, 0) is 48.2 Å². The number of ether oxygens (including phenoxy) is 1. The van der Waals surface area contributed by atoms with Gasteiger partial charge in [0, 0.05) is 5.56 Å². The molecule has 0 atom stereocenters. The van der Waals surface area contributed by atoms with Crippen molar-refractivity contribution in [1.82, 2.24) is 0 Å². The number of para-hydroxylation sites is 2. The molecule has 3 aromatic carbocycles. The zero-order valence-electron chi connectivity index (χ0n) is 18.9. The van der Waals surface area contributed by atoms with Crippen LogP contribution in [0.5, 0.6) is 17.2 Å². The highest BCUT2D eigenvalue weighted by Crippen LogP contribution is 2.49. The van der Waals surface area contributed by atoms with Crippen LogP contribution in [0.25, 0.3) is 0 Å². The second-order valence-electron chi connectivity index (χ2n) is 8.62. The van der Waals surface area contributed by atoms with Gasteiger partial charge in [-0.1, -0.05) is 69.3 Å². The van der Waals surface area contributed by atoms with E-state index in [1.807, 2.05) is 37.3 Å². The van der Waals surface area contributed by atoms with E-state index in [0.29, 0.717) is 17.2 Å². The number of carbonyl (C=O) groups is 1. The van der Waals surface area contributed by atoms with Gasteiger partial charge < -0.3 is 13.8 Å². The topological polar surface area (TPSA) is 61.8 Å². The minimum Gasteiger partial charge on any atom is -0.426 e. The van der Waals surface area contributed by atoms with Gasteiger partial charge in [0.15, 0.2) is 0 Å². The van der Waals surface area contributed by atoms with Gasteiger partial charge in [-0.2, -0.15) is 0 Å². The van der Waals surface area contributed by atoms with Crippen molar-refractivity contribution in [1.29, 1.82) is 0 Å².